The van der Waals surface area contributed by atoms with Crippen LogP contribution in [0.3, 0.4) is 0 Å². The van der Waals surface area contributed by atoms with Crippen molar-refractivity contribution in [3.63, 3.8) is 0 Å². The highest BCUT2D eigenvalue weighted by molar-refractivity contribution is 5.98. The SMILES string of the molecule is C=C(c1ccccc1)c1c2c3c(cccc3n1NC(=O)N(CC)CC)[C@H]1CCCN(C)[C@@H]1C2. The monoisotopic (exact) mass is 442 g/mol. The van der Waals surface area contributed by atoms with Crippen molar-refractivity contribution in [2.75, 3.05) is 32.1 Å². The number of benzene rings is 2. The zero-order chi connectivity index (χ0) is 23.1. The second-order valence-corrected chi connectivity index (χ2v) is 9.34. The summed E-state index contributed by atoms with van der Waals surface area (Å²) in [6, 6.07) is 17.3. The summed E-state index contributed by atoms with van der Waals surface area (Å²) < 4.78 is 2.02. The molecular weight excluding hydrogens is 408 g/mol. The van der Waals surface area contributed by atoms with Crippen molar-refractivity contribution in [3.8, 4) is 0 Å². The van der Waals surface area contributed by atoms with Crippen molar-refractivity contribution in [1.29, 1.82) is 0 Å². The van der Waals surface area contributed by atoms with Crippen molar-refractivity contribution >= 4 is 22.5 Å². The maximum absolute atomic E-state index is 13.2. The van der Waals surface area contributed by atoms with Crippen LogP contribution in [0.2, 0.25) is 0 Å². The molecule has 0 saturated carbocycles. The number of fused-ring (bicyclic) bond motifs is 2. The average Bonchev–Trinajstić information content (AvgIpc) is 3.15. The minimum absolute atomic E-state index is 0.0789. The largest absolute Gasteiger partial charge is 0.336 e. The molecule has 1 aliphatic heterocycles. The fraction of sp³-hybridized carbons (Fsp3) is 0.393. The molecule has 5 heteroatoms. The van der Waals surface area contributed by atoms with E-state index in [2.05, 4.69) is 54.3 Å². The Kier molecular flexibility index (Phi) is 5.75. The first-order chi connectivity index (χ1) is 16.0. The Hall–Kier alpha value is -3.05. The molecule has 33 heavy (non-hydrogen) atoms. The van der Waals surface area contributed by atoms with Crippen LogP contribution in [0.4, 0.5) is 4.79 Å². The van der Waals surface area contributed by atoms with Crippen molar-refractivity contribution in [1.82, 2.24) is 14.5 Å². The zero-order valence-electron chi connectivity index (χ0n) is 20.0. The number of rotatable bonds is 5. The van der Waals surface area contributed by atoms with Gasteiger partial charge in [-0.15, -0.1) is 0 Å². The molecule has 2 aromatic carbocycles. The number of piperidine rings is 1. The number of nitrogens with zero attached hydrogens (tertiary/aromatic N) is 3. The zero-order valence-corrected chi connectivity index (χ0v) is 20.0. The van der Waals surface area contributed by atoms with Crippen LogP contribution in [0, 0.1) is 0 Å². The van der Waals surface area contributed by atoms with E-state index in [0.29, 0.717) is 25.0 Å². The van der Waals surface area contributed by atoms with Crippen molar-refractivity contribution in [2.45, 2.75) is 45.1 Å². The summed E-state index contributed by atoms with van der Waals surface area (Å²) >= 11 is 0. The summed E-state index contributed by atoms with van der Waals surface area (Å²) in [7, 11) is 2.26. The Morgan fingerprint density at radius 3 is 2.61 bits per heavy atom. The van der Waals surface area contributed by atoms with Gasteiger partial charge in [0.15, 0.2) is 0 Å². The smallest absolute Gasteiger partial charge is 0.324 e. The van der Waals surface area contributed by atoms with Gasteiger partial charge >= 0.3 is 6.03 Å². The quantitative estimate of drug-likeness (QED) is 0.571. The lowest BCUT2D eigenvalue weighted by atomic mass is 9.74. The van der Waals surface area contributed by atoms with Crippen LogP contribution in [0.5, 0.6) is 0 Å². The average molecular weight is 443 g/mol. The number of likely N-dealkylation sites (tertiary alicyclic amines) is 1. The molecule has 0 bridgehead atoms. The van der Waals surface area contributed by atoms with Gasteiger partial charge in [0, 0.05) is 36.0 Å². The van der Waals surface area contributed by atoms with E-state index >= 15 is 0 Å². The van der Waals surface area contributed by atoms with Crippen LogP contribution >= 0.6 is 0 Å². The molecule has 1 N–H and O–H groups in total. The van der Waals surface area contributed by atoms with Gasteiger partial charge in [0.05, 0.1) is 11.2 Å². The predicted molar refractivity (Wildman–Crippen MR) is 136 cm³/mol. The van der Waals surface area contributed by atoms with Gasteiger partial charge in [0.25, 0.3) is 0 Å². The molecule has 0 radical (unpaired) electrons. The number of urea groups is 1. The normalized spacial score (nSPS) is 19.8. The third-order valence-corrected chi connectivity index (χ3v) is 7.66. The molecule has 2 amide bonds. The summed E-state index contributed by atoms with van der Waals surface area (Å²) in [6.07, 6.45) is 3.43. The third-order valence-electron chi connectivity index (χ3n) is 7.66. The summed E-state index contributed by atoms with van der Waals surface area (Å²) in [5, 5.41) is 1.31. The van der Waals surface area contributed by atoms with Crippen LogP contribution in [-0.2, 0) is 6.42 Å². The van der Waals surface area contributed by atoms with E-state index in [1.807, 2.05) is 41.6 Å². The molecule has 5 nitrogen and oxygen atoms in total. The molecule has 3 aromatic rings. The first-order valence-electron chi connectivity index (χ1n) is 12.2. The van der Waals surface area contributed by atoms with E-state index in [4.69, 9.17) is 0 Å². The Morgan fingerprint density at radius 2 is 1.88 bits per heavy atom. The van der Waals surface area contributed by atoms with Gasteiger partial charge in [-0.25, -0.2) is 10.2 Å². The van der Waals surface area contributed by atoms with Crippen LogP contribution in [-0.4, -0.2) is 53.2 Å². The molecular formula is C28H34N4O. The van der Waals surface area contributed by atoms with Crippen molar-refractivity contribution in [3.05, 3.63) is 77.5 Å². The number of likely N-dealkylation sites (N-methyl/N-ethyl adjacent to an activating group) is 1. The highest BCUT2D eigenvalue weighted by Gasteiger charge is 2.38. The third kappa shape index (κ3) is 3.55. The van der Waals surface area contributed by atoms with E-state index in [9.17, 15) is 4.79 Å². The van der Waals surface area contributed by atoms with Gasteiger partial charge < -0.3 is 9.80 Å². The lowest BCUT2D eigenvalue weighted by Crippen LogP contribution is -2.44. The molecule has 0 unspecified atom stereocenters. The van der Waals surface area contributed by atoms with Crippen LogP contribution in [0.15, 0.2) is 55.1 Å². The van der Waals surface area contributed by atoms with Crippen molar-refractivity contribution < 1.29 is 4.79 Å². The van der Waals surface area contributed by atoms with Gasteiger partial charge in [-0.2, -0.15) is 0 Å². The number of amides is 2. The van der Waals surface area contributed by atoms with Gasteiger partial charge in [0.1, 0.15) is 0 Å². The number of carbonyl (C=O) groups is 1. The molecule has 1 aromatic heterocycles. The standard InChI is InChI=1S/C28H34N4O/c1-5-31(6-2)28(33)29-32-24-16-10-14-22-21-15-11-17-30(4)25(21)18-23(26(22)24)27(32)19(3)20-12-8-7-9-13-20/h7-10,12-14,16,21,25H,3,5-6,11,15,17-18H2,1-2,4H3,(H,29,33)/t21-,25-/m1/s1. The lowest BCUT2D eigenvalue weighted by Gasteiger charge is -2.42. The molecule has 172 valence electrons. The van der Waals surface area contributed by atoms with Gasteiger partial charge in [-0.1, -0.05) is 49.0 Å². The summed E-state index contributed by atoms with van der Waals surface area (Å²) in [6.45, 7) is 11.0. The van der Waals surface area contributed by atoms with E-state index in [1.54, 1.807) is 0 Å². The highest BCUT2D eigenvalue weighted by atomic mass is 16.2. The molecule has 1 aliphatic carbocycles. The minimum atomic E-state index is -0.0789. The summed E-state index contributed by atoms with van der Waals surface area (Å²) in [5.74, 6) is 0.534. The maximum Gasteiger partial charge on any atom is 0.336 e. The fourth-order valence-electron chi connectivity index (χ4n) is 5.94. The topological polar surface area (TPSA) is 40.5 Å². The second-order valence-electron chi connectivity index (χ2n) is 9.34. The van der Waals surface area contributed by atoms with Gasteiger partial charge in [-0.3, -0.25) is 4.68 Å². The maximum atomic E-state index is 13.2. The molecule has 1 fully saturated rings. The number of hydrogen-bond acceptors (Lipinski definition) is 2. The van der Waals surface area contributed by atoms with E-state index < -0.39 is 0 Å². The predicted octanol–water partition coefficient (Wildman–Crippen LogP) is 5.44. The summed E-state index contributed by atoms with van der Waals surface area (Å²) in [4.78, 5) is 17.5. The fourth-order valence-corrected chi connectivity index (χ4v) is 5.94. The first-order valence-corrected chi connectivity index (χ1v) is 12.2. The van der Waals surface area contributed by atoms with Gasteiger partial charge in [0.2, 0.25) is 0 Å². The second kappa shape index (κ2) is 8.71. The van der Waals surface area contributed by atoms with E-state index in [1.165, 1.54) is 29.4 Å². The van der Waals surface area contributed by atoms with E-state index in [0.717, 1.165) is 35.3 Å². The van der Waals surface area contributed by atoms with Gasteiger partial charge in [-0.05, 0) is 69.5 Å². The van der Waals surface area contributed by atoms with E-state index in [-0.39, 0.29) is 6.03 Å². The number of hydrogen-bond donors (Lipinski definition) is 1. The van der Waals surface area contributed by atoms with Crippen LogP contribution < -0.4 is 5.43 Å². The molecule has 2 atom stereocenters. The minimum Gasteiger partial charge on any atom is -0.324 e. The Bertz CT molecular complexity index is 1190. The molecule has 1 saturated heterocycles. The highest BCUT2D eigenvalue weighted by Crippen LogP contribution is 2.46. The Labute approximate surface area is 196 Å². The molecule has 0 spiro atoms. The Morgan fingerprint density at radius 1 is 1.12 bits per heavy atom. The van der Waals surface area contributed by atoms with Crippen LogP contribution in [0.1, 0.15) is 55.0 Å². The van der Waals surface area contributed by atoms with Crippen LogP contribution in [0.25, 0.3) is 16.5 Å². The Balaban J connectivity index is 1.73. The number of nitrogens with one attached hydrogen (secondary N) is 1. The molecule has 2 heterocycles. The number of aromatic nitrogens is 1. The lowest BCUT2D eigenvalue weighted by molar-refractivity contribution is 0.157. The van der Waals surface area contributed by atoms with Crippen molar-refractivity contribution in [2.24, 2.45) is 0 Å². The molecule has 5 rings (SSSR count). The molecule has 2 aliphatic rings. The summed E-state index contributed by atoms with van der Waals surface area (Å²) in [5.41, 5.74) is 10.1. The first kappa shape index (κ1) is 21.8. The number of carbonyl (C=O) groups excluding carboxylic acids is 1.